The number of aliphatic hydroxyl groups is 1. The van der Waals surface area contributed by atoms with Crippen LogP contribution in [0.5, 0.6) is 0 Å². The van der Waals surface area contributed by atoms with Crippen molar-refractivity contribution in [2.45, 2.75) is 70.6 Å². The van der Waals surface area contributed by atoms with Crippen molar-refractivity contribution in [1.29, 1.82) is 0 Å². The molecule has 2 saturated heterocycles. The summed E-state index contributed by atoms with van der Waals surface area (Å²) >= 11 is 0. The van der Waals surface area contributed by atoms with Gasteiger partial charge in [-0.25, -0.2) is 4.79 Å². The highest BCUT2D eigenvalue weighted by molar-refractivity contribution is 5.87. The number of esters is 2. The van der Waals surface area contributed by atoms with Crippen molar-refractivity contribution in [3.05, 3.63) is 12.2 Å². The van der Waals surface area contributed by atoms with Crippen molar-refractivity contribution < 1.29 is 28.9 Å². The molecular weight excluding hydrogens is 324 g/mol. The number of carbonyl (C=O) groups excluding carboxylic acids is 2. The van der Waals surface area contributed by atoms with Gasteiger partial charge in [-0.15, -0.1) is 0 Å². The maximum atomic E-state index is 12.1. The van der Waals surface area contributed by atoms with Gasteiger partial charge in [0.2, 0.25) is 5.79 Å². The molecule has 1 N–H and O–H groups in total. The molecule has 6 nitrogen and oxygen atoms in total. The highest BCUT2D eigenvalue weighted by atomic mass is 16.8. The van der Waals surface area contributed by atoms with Crippen molar-refractivity contribution in [3.8, 4) is 0 Å². The van der Waals surface area contributed by atoms with Gasteiger partial charge in [0.1, 0.15) is 6.10 Å². The Hall–Kier alpha value is -1.40. The van der Waals surface area contributed by atoms with Gasteiger partial charge in [0, 0.05) is 23.3 Å². The molecule has 4 rings (SSSR count). The summed E-state index contributed by atoms with van der Waals surface area (Å²) in [5, 5.41) is 11.3. The first-order valence-electron chi connectivity index (χ1n) is 9.07. The highest BCUT2D eigenvalue weighted by Gasteiger charge is 2.90. The van der Waals surface area contributed by atoms with E-state index >= 15 is 0 Å². The summed E-state index contributed by atoms with van der Waals surface area (Å²) in [5.41, 5.74) is -1.11. The predicted octanol–water partition coefficient (Wildman–Crippen LogP) is 1.95. The molecule has 0 spiro atoms. The van der Waals surface area contributed by atoms with Crippen LogP contribution in [0, 0.1) is 23.2 Å². The van der Waals surface area contributed by atoms with Gasteiger partial charge in [-0.05, 0) is 32.6 Å². The summed E-state index contributed by atoms with van der Waals surface area (Å²) in [4.78, 5) is 24.2. The van der Waals surface area contributed by atoms with Crippen LogP contribution in [0.15, 0.2) is 12.2 Å². The number of fused-ring (bicyclic) bond motifs is 1. The van der Waals surface area contributed by atoms with Crippen molar-refractivity contribution in [3.63, 3.8) is 0 Å². The molecule has 0 aromatic rings. The van der Waals surface area contributed by atoms with Gasteiger partial charge in [-0.3, -0.25) is 4.79 Å². The van der Waals surface area contributed by atoms with Gasteiger partial charge in [0.05, 0.1) is 12.0 Å². The summed E-state index contributed by atoms with van der Waals surface area (Å²) in [5.74, 6) is -2.21. The first-order valence-corrected chi connectivity index (χ1v) is 9.07. The Bertz CT molecular complexity index is 673. The summed E-state index contributed by atoms with van der Waals surface area (Å²) in [6, 6.07) is 0. The molecule has 0 aromatic heterocycles. The zero-order valence-corrected chi connectivity index (χ0v) is 15.2. The molecule has 25 heavy (non-hydrogen) atoms. The lowest BCUT2D eigenvalue weighted by atomic mass is 9.50. The first-order chi connectivity index (χ1) is 11.6. The minimum atomic E-state index is -1.06. The van der Waals surface area contributed by atoms with E-state index in [2.05, 4.69) is 13.5 Å². The minimum absolute atomic E-state index is 0.136. The van der Waals surface area contributed by atoms with Crippen LogP contribution in [0.2, 0.25) is 0 Å². The average molecular weight is 350 g/mol. The third-order valence-electron chi connectivity index (χ3n) is 7.43. The Morgan fingerprint density at radius 1 is 1.36 bits per heavy atom. The zero-order valence-electron chi connectivity index (χ0n) is 15.2. The second-order valence-corrected chi connectivity index (χ2v) is 8.57. The van der Waals surface area contributed by atoms with Crippen LogP contribution in [-0.2, 0) is 23.8 Å². The van der Waals surface area contributed by atoms with Crippen LogP contribution in [0.4, 0.5) is 0 Å². The maximum absolute atomic E-state index is 12.1. The van der Waals surface area contributed by atoms with Gasteiger partial charge in [-0.1, -0.05) is 20.4 Å². The van der Waals surface area contributed by atoms with Crippen LogP contribution < -0.4 is 0 Å². The number of carbonyl (C=O) groups is 2. The zero-order chi connectivity index (χ0) is 18.4. The Balaban J connectivity index is 1.71. The molecule has 0 aromatic carbocycles. The van der Waals surface area contributed by atoms with Crippen LogP contribution >= 0.6 is 0 Å². The Morgan fingerprint density at radius 2 is 2.04 bits per heavy atom. The molecule has 0 unspecified atom stereocenters. The van der Waals surface area contributed by atoms with Gasteiger partial charge in [-0.2, -0.15) is 0 Å². The van der Waals surface area contributed by atoms with Crippen LogP contribution in [0.25, 0.3) is 0 Å². The molecule has 4 aliphatic rings. The average Bonchev–Trinajstić information content (AvgIpc) is 3.16. The molecule has 0 radical (unpaired) electrons. The van der Waals surface area contributed by atoms with E-state index in [9.17, 15) is 14.7 Å². The third-order valence-corrected chi connectivity index (χ3v) is 7.43. The molecule has 2 heterocycles. The molecule has 0 bridgehead atoms. The quantitative estimate of drug-likeness (QED) is 0.465. The van der Waals surface area contributed by atoms with E-state index in [1.54, 1.807) is 13.8 Å². The van der Waals surface area contributed by atoms with Crippen LogP contribution in [-0.4, -0.2) is 40.6 Å². The van der Waals surface area contributed by atoms with E-state index in [1.807, 2.05) is 6.92 Å². The van der Waals surface area contributed by atoms with E-state index in [-0.39, 0.29) is 23.9 Å². The van der Waals surface area contributed by atoms with E-state index < -0.39 is 34.8 Å². The molecule has 2 aliphatic heterocycles. The highest BCUT2D eigenvalue weighted by Crippen LogP contribution is 2.73. The molecular formula is C19H26O6. The molecule has 138 valence electrons. The van der Waals surface area contributed by atoms with E-state index in [0.29, 0.717) is 12.0 Å². The normalized spacial score (nSPS) is 53.2. The number of rotatable bonds is 2. The summed E-state index contributed by atoms with van der Waals surface area (Å²) in [6.07, 6.45) is 0.826. The van der Waals surface area contributed by atoms with Gasteiger partial charge in [0.25, 0.3) is 0 Å². The molecule has 2 saturated carbocycles. The molecule has 6 heteroatoms. The predicted molar refractivity (Wildman–Crippen MR) is 87.1 cm³/mol. The second-order valence-electron chi connectivity index (χ2n) is 8.57. The number of hydrogen-bond donors (Lipinski definition) is 1. The fourth-order valence-electron chi connectivity index (χ4n) is 5.58. The van der Waals surface area contributed by atoms with E-state index in [1.165, 1.54) is 0 Å². The van der Waals surface area contributed by atoms with E-state index in [4.69, 9.17) is 14.2 Å². The largest absolute Gasteiger partial charge is 0.459 e. The SMILES string of the molecule is C=C(C)C(=O)O[C@@H]1CC[C@H](C)[C@]2(C)[C@H]1C[C@]13OC(=O)[C@@H](C)[C@]1(O3)[C@H]2O. The molecule has 2 aliphatic carbocycles. The van der Waals surface area contributed by atoms with Crippen LogP contribution in [0.1, 0.15) is 47.0 Å². The lowest BCUT2D eigenvalue weighted by molar-refractivity contribution is -0.190. The number of ether oxygens (including phenoxy) is 3. The standard InChI is InChI=1S/C19H26O6/c1-9(2)14(20)23-13-7-6-10(3)17(5)12(13)8-18-19(25-18,16(17)22)11(4)15(21)24-18/h10-13,16,22H,1,6-8H2,2-5H3/t10-,11+,12-,13+,16-,17+,18+,19-/m0/s1. The van der Waals surface area contributed by atoms with Crippen molar-refractivity contribution in [1.82, 2.24) is 0 Å². The Kier molecular flexibility index (Phi) is 3.31. The lowest BCUT2D eigenvalue weighted by Gasteiger charge is -2.55. The smallest absolute Gasteiger partial charge is 0.333 e. The summed E-state index contributed by atoms with van der Waals surface area (Å²) in [7, 11) is 0. The van der Waals surface area contributed by atoms with Gasteiger partial charge < -0.3 is 19.3 Å². The molecule has 8 atom stereocenters. The fraction of sp³-hybridized carbons (Fsp3) is 0.789. The lowest BCUT2D eigenvalue weighted by Crippen LogP contribution is -2.63. The monoisotopic (exact) mass is 350 g/mol. The minimum Gasteiger partial charge on any atom is -0.459 e. The topological polar surface area (TPSA) is 85.4 Å². The van der Waals surface area contributed by atoms with Gasteiger partial charge >= 0.3 is 11.9 Å². The number of epoxide rings is 1. The van der Waals surface area contributed by atoms with Crippen LogP contribution in [0.3, 0.4) is 0 Å². The molecule has 0 amide bonds. The van der Waals surface area contributed by atoms with Crippen molar-refractivity contribution in [2.24, 2.45) is 23.2 Å². The third kappa shape index (κ3) is 1.82. The Morgan fingerprint density at radius 3 is 2.68 bits per heavy atom. The second kappa shape index (κ2) is 4.86. The van der Waals surface area contributed by atoms with Gasteiger partial charge in [0.15, 0.2) is 5.60 Å². The summed E-state index contributed by atoms with van der Waals surface area (Å²) < 4.78 is 17.2. The maximum Gasteiger partial charge on any atom is 0.333 e. The van der Waals surface area contributed by atoms with Crippen molar-refractivity contribution >= 4 is 11.9 Å². The fourth-order valence-corrected chi connectivity index (χ4v) is 5.58. The Labute approximate surface area is 147 Å². The first kappa shape index (κ1) is 17.0. The number of hydrogen-bond acceptors (Lipinski definition) is 6. The summed E-state index contributed by atoms with van der Waals surface area (Å²) in [6.45, 7) is 11.2. The van der Waals surface area contributed by atoms with Crippen molar-refractivity contribution in [2.75, 3.05) is 0 Å². The number of aliphatic hydroxyl groups excluding tert-OH is 1. The van der Waals surface area contributed by atoms with E-state index in [0.717, 1.165) is 12.8 Å². The molecule has 4 fully saturated rings.